The molecule has 0 aromatic heterocycles. The Hall–Kier alpha value is -1.46. The van der Waals surface area contributed by atoms with Crippen LogP contribution in [0.25, 0.3) is 0 Å². The van der Waals surface area contributed by atoms with Gasteiger partial charge in [0.2, 0.25) is 0 Å². The molecule has 1 saturated heterocycles. The van der Waals surface area contributed by atoms with Crippen LogP contribution in [0.5, 0.6) is 0 Å². The van der Waals surface area contributed by atoms with E-state index in [2.05, 4.69) is 5.32 Å². The number of hydrogen-bond acceptors (Lipinski definition) is 4. The highest BCUT2D eigenvalue weighted by Crippen LogP contribution is 2.32. The summed E-state index contributed by atoms with van der Waals surface area (Å²) < 4.78 is 0. The van der Waals surface area contributed by atoms with Gasteiger partial charge in [0.05, 0.1) is 10.5 Å². The molecule has 0 unspecified atom stereocenters. The smallest absolute Gasteiger partial charge is 0.269 e. The highest BCUT2D eigenvalue weighted by Gasteiger charge is 2.31. The van der Waals surface area contributed by atoms with Gasteiger partial charge in [0.15, 0.2) is 0 Å². The summed E-state index contributed by atoms with van der Waals surface area (Å²) in [5.41, 5.74) is -0.246. The van der Waals surface area contributed by atoms with Crippen molar-refractivity contribution in [2.75, 3.05) is 13.1 Å². The minimum Gasteiger partial charge on any atom is -0.385 e. The zero-order chi connectivity index (χ0) is 11.6. The van der Waals surface area contributed by atoms with Gasteiger partial charge in [0.1, 0.15) is 0 Å². The van der Waals surface area contributed by atoms with Crippen molar-refractivity contribution in [3.05, 3.63) is 39.9 Å². The number of benzene rings is 1. The van der Waals surface area contributed by atoms with E-state index in [9.17, 15) is 15.2 Å². The third-order valence-corrected chi connectivity index (χ3v) is 3.03. The van der Waals surface area contributed by atoms with E-state index in [1.165, 1.54) is 12.1 Å². The molecule has 0 amide bonds. The van der Waals surface area contributed by atoms with E-state index in [0.717, 1.165) is 13.1 Å². The number of nitro groups is 1. The molecule has 0 radical (unpaired) electrons. The molecule has 2 N–H and O–H groups in total. The van der Waals surface area contributed by atoms with Gasteiger partial charge in [-0.05, 0) is 31.5 Å². The van der Waals surface area contributed by atoms with Gasteiger partial charge in [-0.1, -0.05) is 12.1 Å². The SMILES string of the molecule is O=[N+]([O-])c1cccc(C2(O)CCNCC2)c1. The summed E-state index contributed by atoms with van der Waals surface area (Å²) in [6, 6.07) is 6.27. The average Bonchev–Trinajstić information content (AvgIpc) is 2.30. The Kier molecular flexibility index (Phi) is 2.89. The molecule has 86 valence electrons. The number of piperidine rings is 1. The van der Waals surface area contributed by atoms with Crippen LogP contribution < -0.4 is 5.32 Å². The lowest BCUT2D eigenvalue weighted by molar-refractivity contribution is -0.385. The second kappa shape index (κ2) is 4.19. The molecule has 1 fully saturated rings. The first-order valence-electron chi connectivity index (χ1n) is 5.30. The number of nitrogens with one attached hydrogen (secondary N) is 1. The fourth-order valence-corrected chi connectivity index (χ4v) is 2.04. The number of nitrogens with zero attached hydrogens (tertiary/aromatic N) is 1. The van der Waals surface area contributed by atoms with Gasteiger partial charge in [-0.2, -0.15) is 0 Å². The fourth-order valence-electron chi connectivity index (χ4n) is 2.04. The molecule has 5 nitrogen and oxygen atoms in total. The lowest BCUT2D eigenvalue weighted by atomic mass is 9.85. The van der Waals surface area contributed by atoms with Crippen LogP contribution in [0.3, 0.4) is 0 Å². The van der Waals surface area contributed by atoms with E-state index in [0.29, 0.717) is 18.4 Å². The van der Waals surface area contributed by atoms with Crippen molar-refractivity contribution in [2.45, 2.75) is 18.4 Å². The van der Waals surface area contributed by atoms with Crippen LogP contribution in [0.4, 0.5) is 5.69 Å². The molecular formula is C11H14N2O3. The maximum absolute atomic E-state index is 10.7. The fraction of sp³-hybridized carbons (Fsp3) is 0.455. The highest BCUT2D eigenvalue weighted by molar-refractivity contribution is 5.37. The second-order valence-corrected chi connectivity index (χ2v) is 4.09. The molecule has 2 rings (SSSR count). The van der Waals surface area contributed by atoms with Crippen LogP contribution in [-0.2, 0) is 5.60 Å². The zero-order valence-electron chi connectivity index (χ0n) is 8.85. The van der Waals surface area contributed by atoms with E-state index in [1.54, 1.807) is 12.1 Å². The molecule has 5 heteroatoms. The molecular weight excluding hydrogens is 208 g/mol. The average molecular weight is 222 g/mol. The third kappa shape index (κ3) is 2.05. The van der Waals surface area contributed by atoms with Crippen molar-refractivity contribution in [3.8, 4) is 0 Å². The molecule has 1 aliphatic rings. The van der Waals surface area contributed by atoms with Crippen LogP contribution in [0, 0.1) is 10.1 Å². The highest BCUT2D eigenvalue weighted by atomic mass is 16.6. The number of hydrogen-bond donors (Lipinski definition) is 2. The molecule has 0 atom stereocenters. The Labute approximate surface area is 93.2 Å². The van der Waals surface area contributed by atoms with Crippen molar-refractivity contribution in [2.24, 2.45) is 0 Å². The Morgan fingerprint density at radius 2 is 2.06 bits per heavy atom. The first kappa shape index (κ1) is 11.0. The van der Waals surface area contributed by atoms with E-state index in [1.807, 2.05) is 0 Å². The summed E-state index contributed by atoms with van der Waals surface area (Å²) >= 11 is 0. The lowest BCUT2D eigenvalue weighted by Gasteiger charge is -2.32. The molecule has 0 spiro atoms. The van der Waals surface area contributed by atoms with Crippen molar-refractivity contribution in [3.63, 3.8) is 0 Å². The Balaban J connectivity index is 2.31. The van der Waals surface area contributed by atoms with Crippen LogP contribution in [0.2, 0.25) is 0 Å². The summed E-state index contributed by atoms with van der Waals surface area (Å²) in [6.07, 6.45) is 1.18. The number of rotatable bonds is 2. The topological polar surface area (TPSA) is 75.4 Å². The van der Waals surface area contributed by atoms with Gasteiger partial charge in [0, 0.05) is 12.1 Å². The van der Waals surface area contributed by atoms with Crippen LogP contribution >= 0.6 is 0 Å². The van der Waals surface area contributed by atoms with E-state index >= 15 is 0 Å². The first-order valence-corrected chi connectivity index (χ1v) is 5.30. The maximum atomic E-state index is 10.7. The summed E-state index contributed by atoms with van der Waals surface area (Å²) in [4.78, 5) is 10.2. The Morgan fingerprint density at radius 1 is 1.38 bits per heavy atom. The normalized spacial score (nSPS) is 19.3. The standard InChI is InChI=1S/C11H14N2O3/c14-11(4-6-12-7-5-11)9-2-1-3-10(8-9)13(15)16/h1-3,8,12,14H,4-7H2. The number of nitro benzene ring substituents is 1. The summed E-state index contributed by atoms with van der Waals surface area (Å²) in [7, 11) is 0. The largest absolute Gasteiger partial charge is 0.385 e. The van der Waals surface area contributed by atoms with Crippen LogP contribution in [0.1, 0.15) is 18.4 Å². The molecule has 0 aliphatic carbocycles. The van der Waals surface area contributed by atoms with Gasteiger partial charge >= 0.3 is 0 Å². The number of non-ortho nitro benzene ring substituents is 1. The van der Waals surface area contributed by atoms with Gasteiger partial charge in [-0.25, -0.2) is 0 Å². The van der Waals surface area contributed by atoms with Gasteiger partial charge in [0.25, 0.3) is 5.69 Å². The first-order chi connectivity index (χ1) is 7.62. The monoisotopic (exact) mass is 222 g/mol. The number of aliphatic hydroxyl groups is 1. The molecule has 1 aromatic carbocycles. The maximum Gasteiger partial charge on any atom is 0.269 e. The van der Waals surface area contributed by atoms with Crippen molar-refractivity contribution in [1.82, 2.24) is 5.32 Å². The van der Waals surface area contributed by atoms with Crippen molar-refractivity contribution >= 4 is 5.69 Å². The van der Waals surface area contributed by atoms with E-state index in [-0.39, 0.29) is 5.69 Å². The lowest BCUT2D eigenvalue weighted by Crippen LogP contribution is -2.39. The Morgan fingerprint density at radius 3 is 2.69 bits per heavy atom. The van der Waals surface area contributed by atoms with Crippen LogP contribution in [-0.4, -0.2) is 23.1 Å². The zero-order valence-corrected chi connectivity index (χ0v) is 8.85. The Bertz CT molecular complexity index is 400. The predicted octanol–water partition coefficient (Wildman–Crippen LogP) is 1.17. The quantitative estimate of drug-likeness (QED) is 0.581. The van der Waals surface area contributed by atoms with E-state index in [4.69, 9.17) is 0 Å². The minimum atomic E-state index is -0.919. The van der Waals surface area contributed by atoms with Gasteiger partial charge in [-0.3, -0.25) is 10.1 Å². The molecule has 0 bridgehead atoms. The third-order valence-electron chi connectivity index (χ3n) is 3.03. The van der Waals surface area contributed by atoms with Gasteiger partial charge in [-0.15, -0.1) is 0 Å². The molecule has 1 heterocycles. The van der Waals surface area contributed by atoms with Crippen LogP contribution in [0.15, 0.2) is 24.3 Å². The summed E-state index contributed by atoms with van der Waals surface area (Å²) in [6.45, 7) is 1.47. The molecule has 1 aliphatic heterocycles. The molecule has 1 aromatic rings. The second-order valence-electron chi connectivity index (χ2n) is 4.09. The summed E-state index contributed by atoms with van der Waals surface area (Å²) in [5.74, 6) is 0. The van der Waals surface area contributed by atoms with E-state index < -0.39 is 10.5 Å². The molecule has 16 heavy (non-hydrogen) atoms. The van der Waals surface area contributed by atoms with Crippen molar-refractivity contribution in [1.29, 1.82) is 0 Å². The van der Waals surface area contributed by atoms with Crippen molar-refractivity contribution < 1.29 is 10.0 Å². The predicted molar refractivity (Wildman–Crippen MR) is 59.1 cm³/mol. The van der Waals surface area contributed by atoms with Gasteiger partial charge < -0.3 is 10.4 Å². The molecule has 0 saturated carbocycles. The minimum absolute atomic E-state index is 0.0319. The summed E-state index contributed by atoms with van der Waals surface area (Å²) in [5, 5.41) is 24.2.